The van der Waals surface area contributed by atoms with Gasteiger partial charge >= 0.3 is 11.9 Å². The maximum absolute atomic E-state index is 13.2. The van der Waals surface area contributed by atoms with Crippen molar-refractivity contribution in [1.82, 2.24) is 0 Å². The van der Waals surface area contributed by atoms with Crippen LogP contribution in [0.4, 0.5) is 18.9 Å². The molecule has 2 aromatic carbocycles. The summed E-state index contributed by atoms with van der Waals surface area (Å²) < 4.78 is 39.6. The molecule has 0 bridgehead atoms. The van der Waals surface area contributed by atoms with Crippen molar-refractivity contribution in [3.8, 4) is 5.75 Å². The number of allylic oxidation sites excluding steroid dienone is 1. The van der Waals surface area contributed by atoms with E-state index in [0.717, 1.165) is 24.3 Å². The summed E-state index contributed by atoms with van der Waals surface area (Å²) in [5, 5.41) is 20.9. The number of nitrogens with zero attached hydrogens (tertiary/aromatic N) is 1. The van der Waals surface area contributed by atoms with Crippen LogP contribution in [-0.4, -0.2) is 16.3 Å². The Balaban J connectivity index is 2.76. The molecule has 0 aliphatic carbocycles. The van der Waals surface area contributed by atoms with Gasteiger partial charge in [0.15, 0.2) is 0 Å². The summed E-state index contributed by atoms with van der Waals surface area (Å²) in [7, 11) is 0. The first kappa shape index (κ1) is 17.2. The summed E-state index contributed by atoms with van der Waals surface area (Å²) in [6.07, 6.45) is -3.63. The number of alkyl halides is 3. The molecular formula is C16H10F3NO4. The average molecular weight is 337 g/mol. The van der Waals surface area contributed by atoms with Crippen LogP contribution in [0.2, 0.25) is 0 Å². The van der Waals surface area contributed by atoms with Gasteiger partial charge < -0.3 is 5.11 Å². The number of nitro groups is 1. The minimum atomic E-state index is -4.70. The zero-order valence-corrected chi connectivity index (χ0v) is 11.9. The van der Waals surface area contributed by atoms with Crippen molar-refractivity contribution in [2.75, 3.05) is 0 Å². The maximum Gasteiger partial charge on any atom is 0.417 e. The summed E-state index contributed by atoms with van der Waals surface area (Å²) in [5.74, 6) is -0.812. The summed E-state index contributed by atoms with van der Waals surface area (Å²) >= 11 is 0. The van der Waals surface area contributed by atoms with Crippen molar-refractivity contribution in [1.29, 1.82) is 0 Å². The van der Waals surface area contributed by atoms with Gasteiger partial charge in [0.25, 0.3) is 0 Å². The molecule has 0 aliphatic heterocycles. The first-order valence-corrected chi connectivity index (χ1v) is 6.56. The molecule has 0 unspecified atom stereocenters. The number of phenols is 1. The zero-order valence-electron chi connectivity index (χ0n) is 11.9. The van der Waals surface area contributed by atoms with Gasteiger partial charge in [-0.1, -0.05) is 30.3 Å². The topological polar surface area (TPSA) is 80.4 Å². The Morgan fingerprint density at radius 3 is 2.29 bits per heavy atom. The highest BCUT2D eigenvalue weighted by atomic mass is 19.4. The van der Waals surface area contributed by atoms with Gasteiger partial charge in [0, 0.05) is 11.6 Å². The maximum atomic E-state index is 13.2. The first-order chi connectivity index (χ1) is 11.3. The van der Waals surface area contributed by atoms with E-state index in [1.807, 2.05) is 0 Å². The van der Waals surface area contributed by atoms with Gasteiger partial charge in [-0.15, -0.1) is 0 Å². The Labute approximate surface area is 133 Å². The lowest BCUT2D eigenvalue weighted by molar-refractivity contribution is -0.385. The Hall–Kier alpha value is -3.16. The first-order valence-electron chi connectivity index (χ1n) is 6.56. The molecule has 0 heterocycles. The van der Waals surface area contributed by atoms with E-state index in [2.05, 4.69) is 0 Å². The predicted octanol–water partition coefficient (Wildman–Crippen LogP) is 3.95. The van der Waals surface area contributed by atoms with E-state index in [0.29, 0.717) is 0 Å². The van der Waals surface area contributed by atoms with E-state index in [1.165, 1.54) is 24.3 Å². The summed E-state index contributed by atoms with van der Waals surface area (Å²) in [5.41, 5.74) is -2.57. The monoisotopic (exact) mass is 337 g/mol. The van der Waals surface area contributed by atoms with Crippen LogP contribution in [0.15, 0.2) is 48.5 Å². The quantitative estimate of drug-likeness (QED) is 0.396. The number of nitro benzene ring substituents is 1. The van der Waals surface area contributed by atoms with Gasteiger partial charge in [-0.3, -0.25) is 14.9 Å². The third-order valence-electron chi connectivity index (χ3n) is 3.26. The van der Waals surface area contributed by atoms with Crippen LogP contribution in [0.5, 0.6) is 5.75 Å². The normalized spacial score (nSPS) is 12.0. The van der Waals surface area contributed by atoms with Gasteiger partial charge in [-0.05, 0) is 23.3 Å². The highest BCUT2D eigenvalue weighted by Gasteiger charge is 2.34. The molecular weight excluding hydrogens is 327 g/mol. The highest BCUT2D eigenvalue weighted by Crippen LogP contribution is 2.41. The Morgan fingerprint density at radius 2 is 1.71 bits per heavy atom. The van der Waals surface area contributed by atoms with Crippen LogP contribution in [0, 0.1) is 10.1 Å². The van der Waals surface area contributed by atoms with Crippen LogP contribution in [0.3, 0.4) is 0 Å². The molecule has 2 rings (SSSR count). The van der Waals surface area contributed by atoms with Crippen LogP contribution >= 0.6 is 0 Å². The lowest BCUT2D eigenvalue weighted by Crippen LogP contribution is -2.09. The minimum Gasteiger partial charge on any atom is -0.502 e. The van der Waals surface area contributed by atoms with Crippen LogP contribution in [-0.2, 0) is 11.0 Å². The highest BCUT2D eigenvalue weighted by molar-refractivity contribution is 5.93. The molecule has 0 saturated carbocycles. The van der Waals surface area contributed by atoms with E-state index in [4.69, 9.17) is 0 Å². The lowest BCUT2D eigenvalue weighted by atomic mass is 9.92. The fourth-order valence-electron chi connectivity index (χ4n) is 2.25. The molecule has 24 heavy (non-hydrogen) atoms. The summed E-state index contributed by atoms with van der Waals surface area (Å²) in [6, 6.07) is 7.87. The van der Waals surface area contributed by atoms with Crippen molar-refractivity contribution in [2.24, 2.45) is 0 Å². The zero-order chi connectivity index (χ0) is 17.9. The number of benzene rings is 2. The largest absolute Gasteiger partial charge is 0.502 e. The van der Waals surface area contributed by atoms with Crippen molar-refractivity contribution < 1.29 is 28.0 Å². The molecule has 5 nitrogen and oxygen atoms in total. The Bertz CT molecular complexity index is 828. The van der Waals surface area contributed by atoms with Crippen LogP contribution in [0.25, 0.3) is 5.57 Å². The fourth-order valence-corrected chi connectivity index (χ4v) is 2.25. The number of carbonyl (C=O) groups excluding carboxylic acids is 1. The second-order valence-corrected chi connectivity index (χ2v) is 4.69. The van der Waals surface area contributed by atoms with E-state index >= 15 is 0 Å². The Morgan fingerprint density at radius 1 is 1.08 bits per heavy atom. The average Bonchev–Trinajstić information content (AvgIpc) is 2.52. The van der Waals surface area contributed by atoms with E-state index < -0.39 is 28.1 Å². The lowest BCUT2D eigenvalue weighted by Gasteiger charge is -2.16. The molecule has 1 N–H and O–H groups in total. The standard InChI is InChI=1S/C16H10F3NO4/c17-16(18,19)13-6-2-1-4-11(13)10(8-9-21)12-5-3-7-14(15(12)22)20(23)24/h1-9,22H/b10-8-. The molecule has 0 radical (unpaired) electrons. The van der Waals surface area contributed by atoms with Crippen LogP contribution < -0.4 is 0 Å². The molecule has 8 heteroatoms. The molecule has 0 spiro atoms. The number of halogens is 3. The third kappa shape index (κ3) is 3.27. The smallest absolute Gasteiger partial charge is 0.417 e. The second kappa shape index (κ2) is 6.53. The number of aldehydes is 1. The number of hydrogen-bond acceptors (Lipinski definition) is 4. The molecule has 0 atom stereocenters. The van der Waals surface area contributed by atoms with Crippen molar-refractivity contribution >= 4 is 17.5 Å². The van der Waals surface area contributed by atoms with Crippen LogP contribution in [0.1, 0.15) is 16.7 Å². The number of carbonyl (C=O) groups is 1. The molecule has 0 aromatic heterocycles. The van der Waals surface area contributed by atoms with Crippen molar-refractivity contribution in [3.05, 3.63) is 75.3 Å². The summed E-state index contributed by atoms with van der Waals surface area (Å²) in [6.45, 7) is 0. The fraction of sp³-hybridized carbons (Fsp3) is 0.0625. The van der Waals surface area contributed by atoms with Gasteiger partial charge in [0.2, 0.25) is 5.75 Å². The van der Waals surface area contributed by atoms with Crippen molar-refractivity contribution in [2.45, 2.75) is 6.18 Å². The van der Waals surface area contributed by atoms with Gasteiger partial charge in [-0.25, -0.2) is 0 Å². The minimum absolute atomic E-state index is 0.243. The molecule has 0 amide bonds. The molecule has 0 fully saturated rings. The number of aromatic hydroxyl groups is 1. The third-order valence-corrected chi connectivity index (χ3v) is 3.26. The summed E-state index contributed by atoms with van der Waals surface area (Å²) in [4.78, 5) is 20.9. The van der Waals surface area contributed by atoms with Gasteiger partial charge in [-0.2, -0.15) is 13.2 Å². The molecule has 0 saturated heterocycles. The number of hydrogen-bond donors (Lipinski definition) is 1. The SMILES string of the molecule is O=C/C=C(/c1ccccc1C(F)(F)F)c1cccc([N+](=O)[O-])c1O. The molecule has 2 aromatic rings. The van der Waals surface area contributed by atoms with Crippen molar-refractivity contribution in [3.63, 3.8) is 0 Å². The van der Waals surface area contributed by atoms with Gasteiger partial charge in [0.1, 0.15) is 6.29 Å². The molecule has 124 valence electrons. The van der Waals surface area contributed by atoms with E-state index in [1.54, 1.807) is 0 Å². The second-order valence-electron chi connectivity index (χ2n) is 4.69. The Kier molecular flexibility index (Phi) is 4.68. The molecule has 0 aliphatic rings. The number of rotatable bonds is 4. The van der Waals surface area contributed by atoms with E-state index in [9.17, 15) is 33.2 Å². The van der Waals surface area contributed by atoms with Gasteiger partial charge in [0.05, 0.1) is 10.5 Å². The predicted molar refractivity (Wildman–Crippen MR) is 79.3 cm³/mol. The number of para-hydroxylation sites is 1. The number of phenolic OH excluding ortho intramolecular Hbond substituents is 1. The van der Waals surface area contributed by atoms with E-state index in [-0.39, 0.29) is 23.0 Å².